The number of aliphatic hydroxyl groups excluding tert-OH is 1. The molecule has 25 heavy (non-hydrogen) atoms. The van der Waals surface area contributed by atoms with E-state index in [2.05, 4.69) is 4.98 Å². The summed E-state index contributed by atoms with van der Waals surface area (Å²) >= 11 is 0. The Morgan fingerprint density at radius 3 is 2.60 bits per heavy atom. The molecule has 0 aliphatic heterocycles. The van der Waals surface area contributed by atoms with E-state index < -0.39 is 6.10 Å². The van der Waals surface area contributed by atoms with Gasteiger partial charge in [-0.15, -0.1) is 0 Å². The van der Waals surface area contributed by atoms with Crippen LogP contribution in [0.4, 0.5) is 0 Å². The number of hydrogen-bond acceptors (Lipinski definition) is 4. The number of pyridine rings is 1. The molecule has 3 aromatic rings. The van der Waals surface area contributed by atoms with Crippen LogP contribution in [0.2, 0.25) is 0 Å². The molecule has 5 heteroatoms. The van der Waals surface area contributed by atoms with Crippen LogP contribution in [0.5, 0.6) is 0 Å². The van der Waals surface area contributed by atoms with E-state index in [-0.39, 0.29) is 12.5 Å². The topological polar surface area (TPSA) is 66.6 Å². The minimum Gasteiger partial charge on any atom is -0.467 e. The van der Waals surface area contributed by atoms with Gasteiger partial charge >= 0.3 is 0 Å². The van der Waals surface area contributed by atoms with E-state index in [1.54, 1.807) is 35.4 Å². The summed E-state index contributed by atoms with van der Waals surface area (Å²) in [7, 11) is 0. The standard InChI is InChI=1S/C20H20N2O3/c1-15-9-10-17(12-21-15)20(24)22(13-16-6-3-2-4-7-16)14-18(23)19-8-5-11-25-19/h2-12,18,23H,13-14H2,1H3/t18-/m0/s1. The van der Waals surface area contributed by atoms with Crippen LogP contribution < -0.4 is 0 Å². The largest absolute Gasteiger partial charge is 0.467 e. The molecule has 2 aromatic heterocycles. The van der Waals surface area contributed by atoms with Crippen LogP contribution in [-0.4, -0.2) is 27.4 Å². The van der Waals surface area contributed by atoms with E-state index in [1.165, 1.54) is 6.26 Å². The summed E-state index contributed by atoms with van der Waals surface area (Å²) in [5.74, 6) is 0.259. The predicted molar refractivity (Wildman–Crippen MR) is 93.8 cm³/mol. The summed E-state index contributed by atoms with van der Waals surface area (Å²) in [6, 6.07) is 16.6. The molecule has 0 fully saturated rings. The Hall–Kier alpha value is -2.92. The molecule has 1 N–H and O–H groups in total. The molecule has 3 rings (SSSR count). The molecule has 2 heterocycles. The van der Waals surface area contributed by atoms with Gasteiger partial charge in [0.1, 0.15) is 11.9 Å². The molecular weight excluding hydrogens is 316 g/mol. The highest BCUT2D eigenvalue weighted by molar-refractivity contribution is 5.93. The molecule has 0 spiro atoms. The number of aliphatic hydroxyl groups is 1. The van der Waals surface area contributed by atoms with Crippen molar-refractivity contribution in [1.82, 2.24) is 9.88 Å². The fraction of sp³-hybridized carbons (Fsp3) is 0.200. The molecule has 0 saturated carbocycles. The van der Waals surface area contributed by atoms with Gasteiger partial charge in [-0.05, 0) is 36.8 Å². The number of amides is 1. The highest BCUT2D eigenvalue weighted by Gasteiger charge is 2.22. The highest BCUT2D eigenvalue weighted by Crippen LogP contribution is 2.18. The average Bonchev–Trinajstić information content (AvgIpc) is 3.17. The van der Waals surface area contributed by atoms with Gasteiger partial charge in [-0.3, -0.25) is 9.78 Å². The highest BCUT2D eigenvalue weighted by atomic mass is 16.4. The fourth-order valence-electron chi connectivity index (χ4n) is 2.58. The van der Waals surface area contributed by atoms with Gasteiger partial charge in [0.15, 0.2) is 0 Å². The Morgan fingerprint density at radius 1 is 1.16 bits per heavy atom. The summed E-state index contributed by atoms with van der Waals surface area (Å²) in [6.45, 7) is 2.40. The first kappa shape index (κ1) is 16.9. The van der Waals surface area contributed by atoms with Crippen LogP contribution in [0.15, 0.2) is 71.5 Å². The summed E-state index contributed by atoms with van der Waals surface area (Å²) in [5, 5.41) is 10.4. The number of rotatable bonds is 6. The lowest BCUT2D eigenvalue weighted by atomic mass is 10.1. The van der Waals surface area contributed by atoms with Crippen molar-refractivity contribution in [3.8, 4) is 0 Å². The number of aryl methyl sites for hydroxylation is 1. The van der Waals surface area contributed by atoms with Gasteiger partial charge in [-0.25, -0.2) is 0 Å². The first-order valence-electron chi connectivity index (χ1n) is 8.11. The Labute approximate surface area is 146 Å². The Balaban J connectivity index is 1.82. The molecule has 0 aliphatic carbocycles. The third kappa shape index (κ3) is 4.33. The van der Waals surface area contributed by atoms with Gasteiger partial charge in [0.2, 0.25) is 0 Å². The maximum atomic E-state index is 12.9. The predicted octanol–water partition coefficient (Wildman–Crippen LogP) is 3.36. The zero-order valence-corrected chi connectivity index (χ0v) is 14.0. The smallest absolute Gasteiger partial charge is 0.255 e. The number of furan rings is 1. The van der Waals surface area contributed by atoms with E-state index in [0.29, 0.717) is 17.9 Å². The molecule has 5 nitrogen and oxygen atoms in total. The first-order chi connectivity index (χ1) is 12.1. The number of hydrogen-bond donors (Lipinski definition) is 1. The second-order valence-electron chi connectivity index (χ2n) is 5.89. The van der Waals surface area contributed by atoms with Crippen LogP contribution in [0, 0.1) is 6.92 Å². The lowest BCUT2D eigenvalue weighted by Crippen LogP contribution is -2.34. The van der Waals surface area contributed by atoms with Gasteiger partial charge in [0, 0.05) is 18.4 Å². The molecule has 0 radical (unpaired) electrons. The van der Waals surface area contributed by atoms with Crippen molar-refractivity contribution in [3.63, 3.8) is 0 Å². The van der Waals surface area contributed by atoms with Crippen LogP contribution in [0.3, 0.4) is 0 Å². The van der Waals surface area contributed by atoms with Crippen molar-refractivity contribution in [2.24, 2.45) is 0 Å². The molecule has 1 amide bonds. The quantitative estimate of drug-likeness (QED) is 0.749. The van der Waals surface area contributed by atoms with Crippen molar-refractivity contribution in [2.75, 3.05) is 6.54 Å². The normalized spacial score (nSPS) is 11.9. The average molecular weight is 336 g/mol. The van der Waals surface area contributed by atoms with E-state index in [1.807, 2.05) is 37.3 Å². The number of nitrogens with zero attached hydrogens (tertiary/aromatic N) is 2. The minimum absolute atomic E-state index is 0.134. The molecule has 128 valence electrons. The second-order valence-corrected chi connectivity index (χ2v) is 5.89. The van der Waals surface area contributed by atoms with Crippen molar-refractivity contribution < 1.29 is 14.3 Å². The van der Waals surface area contributed by atoms with Crippen LogP contribution in [0.1, 0.15) is 33.5 Å². The zero-order chi connectivity index (χ0) is 17.6. The van der Waals surface area contributed by atoms with Crippen molar-refractivity contribution in [3.05, 3.63) is 89.6 Å². The van der Waals surface area contributed by atoms with E-state index >= 15 is 0 Å². The first-order valence-corrected chi connectivity index (χ1v) is 8.11. The van der Waals surface area contributed by atoms with E-state index in [4.69, 9.17) is 4.42 Å². The third-order valence-electron chi connectivity index (χ3n) is 3.93. The van der Waals surface area contributed by atoms with Crippen molar-refractivity contribution >= 4 is 5.91 Å². The SMILES string of the molecule is Cc1ccc(C(=O)N(Cc2ccccc2)C[C@H](O)c2ccco2)cn1. The maximum absolute atomic E-state index is 12.9. The van der Waals surface area contributed by atoms with Crippen LogP contribution >= 0.6 is 0 Å². The Bertz CT molecular complexity index is 799. The molecule has 1 aromatic carbocycles. The van der Waals surface area contributed by atoms with E-state index in [0.717, 1.165) is 11.3 Å². The summed E-state index contributed by atoms with van der Waals surface area (Å²) in [5.41, 5.74) is 2.33. The Morgan fingerprint density at radius 2 is 1.96 bits per heavy atom. The minimum atomic E-state index is -0.888. The zero-order valence-electron chi connectivity index (χ0n) is 14.0. The summed E-state index contributed by atoms with van der Waals surface area (Å²) in [4.78, 5) is 18.7. The van der Waals surface area contributed by atoms with Gasteiger partial charge in [-0.2, -0.15) is 0 Å². The fourth-order valence-corrected chi connectivity index (χ4v) is 2.58. The summed E-state index contributed by atoms with van der Waals surface area (Å²) < 4.78 is 5.25. The molecular formula is C20H20N2O3. The molecule has 1 atom stereocenters. The number of aromatic nitrogens is 1. The summed E-state index contributed by atoms with van der Waals surface area (Å²) in [6.07, 6.45) is 2.18. The molecule has 0 saturated heterocycles. The van der Waals surface area contributed by atoms with Gasteiger partial charge in [-0.1, -0.05) is 30.3 Å². The Kier molecular flexibility index (Phi) is 5.26. The van der Waals surface area contributed by atoms with Crippen LogP contribution in [-0.2, 0) is 6.54 Å². The number of carbonyl (C=O) groups excluding carboxylic acids is 1. The molecule has 0 aliphatic rings. The van der Waals surface area contributed by atoms with Gasteiger partial charge in [0.05, 0.1) is 18.4 Å². The second kappa shape index (κ2) is 7.77. The van der Waals surface area contributed by atoms with Gasteiger partial charge < -0.3 is 14.4 Å². The molecule has 0 bridgehead atoms. The van der Waals surface area contributed by atoms with Crippen molar-refractivity contribution in [2.45, 2.75) is 19.6 Å². The van der Waals surface area contributed by atoms with Crippen molar-refractivity contribution in [1.29, 1.82) is 0 Å². The third-order valence-corrected chi connectivity index (χ3v) is 3.93. The number of benzene rings is 1. The monoisotopic (exact) mass is 336 g/mol. The van der Waals surface area contributed by atoms with Crippen LogP contribution in [0.25, 0.3) is 0 Å². The maximum Gasteiger partial charge on any atom is 0.255 e. The molecule has 0 unspecified atom stereocenters. The van der Waals surface area contributed by atoms with Gasteiger partial charge in [0.25, 0.3) is 5.91 Å². The lowest BCUT2D eigenvalue weighted by Gasteiger charge is -2.25. The number of carbonyl (C=O) groups is 1. The lowest BCUT2D eigenvalue weighted by molar-refractivity contribution is 0.0563. The van der Waals surface area contributed by atoms with E-state index in [9.17, 15) is 9.90 Å².